The molecule has 2 amide bonds. The van der Waals surface area contributed by atoms with E-state index in [1.807, 2.05) is 43.3 Å². The van der Waals surface area contributed by atoms with Gasteiger partial charge in [0.25, 0.3) is 5.91 Å². The van der Waals surface area contributed by atoms with Gasteiger partial charge in [-0.3, -0.25) is 14.5 Å². The number of ether oxygens (including phenoxy) is 1. The predicted octanol–water partition coefficient (Wildman–Crippen LogP) is 3.83. The Balaban J connectivity index is 1.47. The van der Waals surface area contributed by atoms with Crippen LogP contribution in [0.15, 0.2) is 59.2 Å². The zero-order chi connectivity index (χ0) is 21.1. The van der Waals surface area contributed by atoms with Crippen molar-refractivity contribution in [1.82, 2.24) is 15.3 Å². The van der Waals surface area contributed by atoms with Gasteiger partial charge >= 0.3 is 0 Å². The SMILES string of the molecule is CCC(NC(=O)CN1C(=O)COc2cc(Br)ccc21)c1ncc(-c2ccccc2)[nH]1. The molecule has 0 aliphatic carbocycles. The number of carbonyl (C=O) groups excluding carboxylic acids is 2. The molecular weight excluding hydrogens is 448 g/mol. The number of rotatable bonds is 6. The van der Waals surface area contributed by atoms with Crippen molar-refractivity contribution in [3.05, 3.63) is 65.0 Å². The second-order valence-electron chi connectivity index (χ2n) is 6.96. The lowest BCUT2D eigenvalue weighted by Gasteiger charge is -2.29. The van der Waals surface area contributed by atoms with Gasteiger partial charge < -0.3 is 15.0 Å². The number of carbonyl (C=O) groups is 2. The first-order valence-electron chi connectivity index (χ1n) is 9.67. The number of imidazole rings is 1. The first-order chi connectivity index (χ1) is 14.5. The lowest BCUT2D eigenvalue weighted by Crippen LogP contribution is -2.45. The van der Waals surface area contributed by atoms with Crippen LogP contribution in [0.3, 0.4) is 0 Å². The molecule has 1 aliphatic heterocycles. The second-order valence-corrected chi connectivity index (χ2v) is 7.87. The summed E-state index contributed by atoms with van der Waals surface area (Å²) in [5, 5.41) is 2.98. The van der Waals surface area contributed by atoms with E-state index in [1.165, 1.54) is 4.90 Å². The molecule has 2 heterocycles. The van der Waals surface area contributed by atoms with Gasteiger partial charge in [-0.2, -0.15) is 0 Å². The van der Waals surface area contributed by atoms with E-state index in [-0.39, 0.29) is 31.0 Å². The van der Waals surface area contributed by atoms with Gasteiger partial charge in [0.1, 0.15) is 18.1 Å². The summed E-state index contributed by atoms with van der Waals surface area (Å²) in [6, 6.07) is 15.0. The molecule has 2 N–H and O–H groups in total. The van der Waals surface area contributed by atoms with Crippen molar-refractivity contribution in [2.24, 2.45) is 0 Å². The van der Waals surface area contributed by atoms with Gasteiger partial charge in [-0.05, 0) is 30.2 Å². The molecular formula is C22H21BrN4O3. The summed E-state index contributed by atoms with van der Waals surface area (Å²) in [6.07, 6.45) is 2.42. The maximum atomic E-state index is 12.8. The van der Waals surface area contributed by atoms with Crippen LogP contribution < -0.4 is 15.0 Å². The molecule has 4 rings (SSSR count). The van der Waals surface area contributed by atoms with E-state index in [0.29, 0.717) is 23.7 Å². The number of hydrogen-bond acceptors (Lipinski definition) is 4. The molecule has 0 spiro atoms. The van der Waals surface area contributed by atoms with Crippen LogP contribution in [0.2, 0.25) is 0 Å². The number of hydrogen-bond donors (Lipinski definition) is 2. The highest BCUT2D eigenvalue weighted by molar-refractivity contribution is 9.10. The Bertz CT molecular complexity index is 1070. The Hall–Kier alpha value is -3.13. The van der Waals surface area contributed by atoms with Crippen LogP contribution in [-0.2, 0) is 9.59 Å². The Morgan fingerprint density at radius 1 is 1.30 bits per heavy atom. The predicted molar refractivity (Wildman–Crippen MR) is 117 cm³/mol. The minimum Gasteiger partial charge on any atom is -0.482 e. The van der Waals surface area contributed by atoms with E-state index in [1.54, 1.807) is 18.3 Å². The summed E-state index contributed by atoms with van der Waals surface area (Å²) < 4.78 is 6.32. The lowest BCUT2D eigenvalue weighted by molar-refractivity contribution is -0.125. The Morgan fingerprint density at radius 2 is 2.10 bits per heavy atom. The van der Waals surface area contributed by atoms with Gasteiger partial charge in [-0.25, -0.2) is 4.98 Å². The molecule has 0 fully saturated rings. The first kappa shape index (κ1) is 20.2. The number of benzene rings is 2. The van der Waals surface area contributed by atoms with Crippen molar-refractivity contribution in [2.75, 3.05) is 18.1 Å². The number of anilines is 1. The van der Waals surface area contributed by atoms with Crippen LogP contribution in [0.5, 0.6) is 5.75 Å². The summed E-state index contributed by atoms with van der Waals surface area (Å²) in [6.45, 7) is 1.80. The van der Waals surface area contributed by atoms with E-state index in [0.717, 1.165) is 15.7 Å². The van der Waals surface area contributed by atoms with E-state index < -0.39 is 0 Å². The molecule has 30 heavy (non-hydrogen) atoms. The van der Waals surface area contributed by atoms with Crippen molar-refractivity contribution in [3.8, 4) is 17.0 Å². The number of aromatic amines is 1. The fraction of sp³-hybridized carbons (Fsp3) is 0.227. The number of amides is 2. The van der Waals surface area contributed by atoms with E-state index in [2.05, 4.69) is 31.2 Å². The molecule has 0 saturated carbocycles. The fourth-order valence-corrected chi connectivity index (χ4v) is 3.72. The molecule has 8 heteroatoms. The summed E-state index contributed by atoms with van der Waals surface area (Å²) >= 11 is 3.39. The molecule has 1 atom stereocenters. The molecule has 7 nitrogen and oxygen atoms in total. The third-order valence-electron chi connectivity index (χ3n) is 4.92. The van der Waals surface area contributed by atoms with Gasteiger partial charge in [0.2, 0.25) is 5.91 Å². The van der Waals surface area contributed by atoms with E-state index in [4.69, 9.17) is 4.74 Å². The molecule has 2 aromatic carbocycles. The number of aromatic nitrogens is 2. The zero-order valence-corrected chi connectivity index (χ0v) is 18.0. The van der Waals surface area contributed by atoms with Crippen LogP contribution in [0.1, 0.15) is 25.2 Å². The lowest BCUT2D eigenvalue weighted by atomic mass is 10.2. The van der Waals surface area contributed by atoms with E-state index >= 15 is 0 Å². The average Bonchev–Trinajstić information content (AvgIpc) is 3.25. The summed E-state index contributed by atoms with van der Waals surface area (Å²) in [4.78, 5) is 34.3. The van der Waals surface area contributed by atoms with Gasteiger partial charge in [0.05, 0.1) is 23.6 Å². The van der Waals surface area contributed by atoms with E-state index in [9.17, 15) is 9.59 Å². The van der Waals surface area contributed by atoms with Crippen LogP contribution in [0.4, 0.5) is 5.69 Å². The number of nitrogens with zero attached hydrogens (tertiary/aromatic N) is 2. The van der Waals surface area contributed by atoms with Crippen LogP contribution in [0, 0.1) is 0 Å². The van der Waals surface area contributed by atoms with Gasteiger partial charge in [0.15, 0.2) is 6.61 Å². The van der Waals surface area contributed by atoms with Gasteiger partial charge in [-0.1, -0.05) is 53.2 Å². The van der Waals surface area contributed by atoms with Crippen molar-refractivity contribution in [3.63, 3.8) is 0 Å². The standard InChI is InChI=1S/C22H21BrN4O3/c1-2-16(22-24-11-17(26-22)14-6-4-3-5-7-14)25-20(28)12-27-18-9-8-15(23)10-19(18)30-13-21(27)29/h3-11,16H,2,12-13H2,1H3,(H,24,26)(H,25,28). The molecule has 0 saturated heterocycles. The maximum absolute atomic E-state index is 12.8. The number of halogens is 1. The van der Waals surface area contributed by atoms with Crippen molar-refractivity contribution in [1.29, 1.82) is 0 Å². The van der Waals surface area contributed by atoms with Crippen molar-refractivity contribution < 1.29 is 14.3 Å². The molecule has 3 aromatic rings. The molecule has 1 unspecified atom stereocenters. The first-order valence-corrected chi connectivity index (χ1v) is 10.5. The normalized spacial score (nSPS) is 14.1. The minimum atomic E-state index is -0.282. The quantitative estimate of drug-likeness (QED) is 0.575. The number of nitrogens with one attached hydrogen (secondary N) is 2. The zero-order valence-electron chi connectivity index (χ0n) is 16.4. The molecule has 1 aliphatic rings. The average molecular weight is 469 g/mol. The second kappa shape index (κ2) is 8.71. The topological polar surface area (TPSA) is 87.3 Å². The largest absolute Gasteiger partial charge is 0.482 e. The Kier molecular flexibility index (Phi) is 5.85. The van der Waals surface area contributed by atoms with Crippen LogP contribution >= 0.6 is 15.9 Å². The molecule has 154 valence electrons. The van der Waals surface area contributed by atoms with Gasteiger partial charge in [-0.15, -0.1) is 0 Å². The van der Waals surface area contributed by atoms with Crippen molar-refractivity contribution >= 4 is 33.4 Å². The smallest absolute Gasteiger partial charge is 0.265 e. The minimum absolute atomic E-state index is 0.0838. The van der Waals surface area contributed by atoms with Gasteiger partial charge in [0, 0.05) is 4.47 Å². The van der Waals surface area contributed by atoms with Crippen LogP contribution in [-0.4, -0.2) is 34.9 Å². The Morgan fingerprint density at radius 3 is 2.87 bits per heavy atom. The Labute approximate surface area is 182 Å². The highest BCUT2D eigenvalue weighted by atomic mass is 79.9. The fourth-order valence-electron chi connectivity index (χ4n) is 3.38. The van der Waals surface area contributed by atoms with Crippen molar-refractivity contribution in [2.45, 2.75) is 19.4 Å². The highest BCUT2D eigenvalue weighted by Crippen LogP contribution is 2.34. The number of H-pyrrole nitrogens is 1. The monoisotopic (exact) mass is 468 g/mol. The molecule has 0 bridgehead atoms. The summed E-state index contributed by atoms with van der Waals surface area (Å²) in [7, 11) is 0. The summed E-state index contributed by atoms with van der Waals surface area (Å²) in [5.74, 6) is 0.741. The highest BCUT2D eigenvalue weighted by Gasteiger charge is 2.28. The van der Waals surface area contributed by atoms with Crippen LogP contribution in [0.25, 0.3) is 11.3 Å². The molecule has 1 aromatic heterocycles. The maximum Gasteiger partial charge on any atom is 0.265 e. The number of fused-ring (bicyclic) bond motifs is 1. The molecule has 0 radical (unpaired) electrons. The summed E-state index contributed by atoms with van der Waals surface area (Å²) in [5.41, 5.74) is 2.50. The third kappa shape index (κ3) is 4.23. The third-order valence-corrected chi connectivity index (χ3v) is 5.41.